The number of methoxy groups -OCH3 is 1. The molecule has 0 saturated heterocycles. The van der Waals surface area contributed by atoms with Gasteiger partial charge in [0.15, 0.2) is 0 Å². The molecule has 22 heavy (non-hydrogen) atoms. The zero-order valence-electron chi connectivity index (χ0n) is 12.4. The van der Waals surface area contributed by atoms with Gasteiger partial charge in [-0.15, -0.1) is 0 Å². The highest BCUT2D eigenvalue weighted by Gasteiger charge is 2.21. The Morgan fingerprint density at radius 1 is 1.23 bits per heavy atom. The molecule has 122 valence electrons. The Balaban J connectivity index is 2.07. The van der Waals surface area contributed by atoms with Crippen molar-refractivity contribution in [2.45, 2.75) is 37.0 Å². The van der Waals surface area contributed by atoms with E-state index in [1.165, 1.54) is 37.7 Å². The van der Waals surface area contributed by atoms with Crippen molar-refractivity contribution in [1.82, 2.24) is 4.72 Å². The highest BCUT2D eigenvalue weighted by atomic mass is 35.5. The summed E-state index contributed by atoms with van der Waals surface area (Å²) in [6.45, 7) is 0.355. The van der Waals surface area contributed by atoms with Gasteiger partial charge in [-0.3, -0.25) is 0 Å². The Labute approximate surface area is 141 Å². The molecule has 0 spiro atoms. The number of allylic oxidation sites excluding steroid dienone is 1. The molecule has 0 radical (unpaired) electrons. The van der Waals surface area contributed by atoms with E-state index in [-0.39, 0.29) is 14.9 Å². The molecule has 0 atom stereocenters. The molecule has 0 bridgehead atoms. The number of nitrogens with one attached hydrogen (secondary N) is 1. The lowest BCUT2D eigenvalue weighted by Crippen LogP contribution is -2.25. The fourth-order valence-electron chi connectivity index (χ4n) is 2.43. The molecule has 1 aromatic rings. The molecule has 0 heterocycles. The van der Waals surface area contributed by atoms with Crippen LogP contribution in [0.2, 0.25) is 10.0 Å². The number of sulfonamides is 1. The van der Waals surface area contributed by atoms with Crippen molar-refractivity contribution in [2.75, 3.05) is 13.7 Å². The smallest absolute Gasteiger partial charge is 0.242 e. The normalized spacial score (nSPS) is 15.5. The van der Waals surface area contributed by atoms with E-state index >= 15 is 0 Å². The minimum atomic E-state index is -3.69. The Morgan fingerprint density at radius 2 is 2.00 bits per heavy atom. The summed E-state index contributed by atoms with van der Waals surface area (Å²) in [5.41, 5.74) is 1.31. The first-order valence-electron chi connectivity index (χ1n) is 7.15. The predicted octanol–water partition coefficient (Wildman–Crippen LogP) is 4.17. The lowest BCUT2D eigenvalue weighted by molar-refractivity contribution is 0.414. The highest BCUT2D eigenvalue weighted by molar-refractivity contribution is 7.89. The third-order valence-electron chi connectivity index (χ3n) is 3.64. The van der Waals surface area contributed by atoms with Gasteiger partial charge in [0.2, 0.25) is 10.0 Å². The zero-order chi connectivity index (χ0) is 16.2. The van der Waals surface area contributed by atoms with Gasteiger partial charge in [-0.05, 0) is 44.2 Å². The molecular weight excluding hydrogens is 345 g/mol. The molecule has 0 unspecified atom stereocenters. The SMILES string of the molecule is COc1ccc(S(=O)(=O)NCCC2=CCCCC2)c(Cl)c1Cl. The molecule has 0 amide bonds. The van der Waals surface area contributed by atoms with Gasteiger partial charge >= 0.3 is 0 Å². The van der Waals surface area contributed by atoms with Gasteiger partial charge in [-0.1, -0.05) is 34.9 Å². The summed E-state index contributed by atoms with van der Waals surface area (Å²) in [7, 11) is -2.24. The summed E-state index contributed by atoms with van der Waals surface area (Å²) in [5.74, 6) is 0.345. The van der Waals surface area contributed by atoms with E-state index in [1.807, 2.05) is 0 Å². The van der Waals surface area contributed by atoms with E-state index in [9.17, 15) is 8.42 Å². The summed E-state index contributed by atoms with van der Waals surface area (Å²) in [5, 5.41) is 0.0763. The van der Waals surface area contributed by atoms with Crippen molar-refractivity contribution < 1.29 is 13.2 Å². The molecule has 1 N–H and O–H groups in total. The van der Waals surface area contributed by atoms with Gasteiger partial charge in [-0.25, -0.2) is 13.1 Å². The molecule has 7 heteroatoms. The Kier molecular flexibility index (Phi) is 6.15. The van der Waals surface area contributed by atoms with E-state index in [4.69, 9.17) is 27.9 Å². The summed E-state index contributed by atoms with van der Waals surface area (Å²) >= 11 is 12.0. The van der Waals surface area contributed by atoms with Gasteiger partial charge in [0.1, 0.15) is 15.7 Å². The average molecular weight is 364 g/mol. The van der Waals surface area contributed by atoms with Gasteiger partial charge in [0.05, 0.1) is 12.1 Å². The maximum Gasteiger partial charge on any atom is 0.242 e. The van der Waals surface area contributed by atoms with E-state index in [0.717, 1.165) is 19.3 Å². The van der Waals surface area contributed by atoms with Crippen molar-refractivity contribution in [3.05, 3.63) is 33.8 Å². The highest BCUT2D eigenvalue weighted by Crippen LogP contribution is 2.36. The second-order valence-electron chi connectivity index (χ2n) is 5.15. The lowest BCUT2D eigenvalue weighted by Gasteiger charge is -2.14. The zero-order valence-corrected chi connectivity index (χ0v) is 14.7. The lowest BCUT2D eigenvalue weighted by atomic mass is 9.97. The molecule has 2 rings (SSSR count). The van der Waals surface area contributed by atoms with Crippen LogP contribution in [0.3, 0.4) is 0 Å². The molecule has 1 aliphatic carbocycles. The van der Waals surface area contributed by atoms with Gasteiger partial charge in [-0.2, -0.15) is 0 Å². The quantitative estimate of drug-likeness (QED) is 0.771. The van der Waals surface area contributed by atoms with Crippen LogP contribution in [0, 0.1) is 0 Å². The molecular formula is C15H19Cl2NO3S. The molecule has 1 aliphatic rings. The number of hydrogen-bond acceptors (Lipinski definition) is 3. The second-order valence-corrected chi connectivity index (χ2v) is 7.64. The average Bonchev–Trinajstić information content (AvgIpc) is 2.50. The van der Waals surface area contributed by atoms with Gasteiger partial charge in [0, 0.05) is 6.54 Å². The van der Waals surface area contributed by atoms with Crippen LogP contribution in [0.15, 0.2) is 28.7 Å². The summed E-state index contributed by atoms with van der Waals surface area (Å²) in [4.78, 5) is -0.0300. The van der Waals surface area contributed by atoms with Crippen molar-refractivity contribution in [3.63, 3.8) is 0 Å². The molecule has 0 aromatic heterocycles. The standard InChI is InChI=1S/C15H19Cl2NO3S/c1-21-12-7-8-13(15(17)14(12)16)22(19,20)18-10-9-11-5-3-2-4-6-11/h5,7-8,18H,2-4,6,9-10H2,1H3. The molecule has 0 aliphatic heterocycles. The fraction of sp³-hybridized carbons (Fsp3) is 0.467. The van der Waals surface area contributed by atoms with Crippen molar-refractivity contribution in [1.29, 1.82) is 0 Å². The van der Waals surface area contributed by atoms with Crippen LogP contribution in [0.1, 0.15) is 32.1 Å². The third kappa shape index (κ3) is 4.16. The topological polar surface area (TPSA) is 55.4 Å². The first kappa shape index (κ1) is 17.6. The van der Waals surface area contributed by atoms with Crippen LogP contribution >= 0.6 is 23.2 Å². The minimum absolute atomic E-state index is 0.0228. The number of benzene rings is 1. The Morgan fingerprint density at radius 3 is 2.64 bits per heavy atom. The van der Waals surface area contributed by atoms with E-state index in [2.05, 4.69) is 10.8 Å². The number of hydrogen-bond donors (Lipinski definition) is 1. The summed E-state index contributed by atoms with van der Waals surface area (Å²) in [6, 6.07) is 2.89. The first-order chi connectivity index (χ1) is 10.5. The number of ether oxygens (including phenoxy) is 1. The Bertz CT molecular complexity index is 672. The predicted molar refractivity (Wildman–Crippen MR) is 89.4 cm³/mol. The molecule has 4 nitrogen and oxygen atoms in total. The van der Waals surface area contributed by atoms with E-state index < -0.39 is 10.0 Å². The second kappa shape index (κ2) is 7.68. The third-order valence-corrected chi connectivity index (χ3v) is 6.12. The molecule has 1 aromatic carbocycles. The summed E-state index contributed by atoms with van der Waals surface area (Å²) < 4.78 is 32.3. The van der Waals surface area contributed by atoms with Crippen molar-refractivity contribution in [2.24, 2.45) is 0 Å². The number of halogens is 2. The van der Waals surface area contributed by atoms with Crippen molar-refractivity contribution >= 4 is 33.2 Å². The van der Waals surface area contributed by atoms with Crippen molar-refractivity contribution in [3.8, 4) is 5.75 Å². The van der Waals surface area contributed by atoms with Gasteiger partial charge in [0.25, 0.3) is 0 Å². The largest absolute Gasteiger partial charge is 0.495 e. The maximum atomic E-state index is 12.3. The van der Waals surface area contributed by atoms with Gasteiger partial charge < -0.3 is 4.74 Å². The first-order valence-corrected chi connectivity index (χ1v) is 9.39. The monoisotopic (exact) mass is 363 g/mol. The van der Waals surface area contributed by atoms with E-state index in [0.29, 0.717) is 12.3 Å². The van der Waals surface area contributed by atoms with Crippen LogP contribution in [-0.4, -0.2) is 22.1 Å². The van der Waals surface area contributed by atoms with Crippen LogP contribution in [0.5, 0.6) is 5.75 Å². The fourth-order valence-corrected chi connectivity index (χ4v) is 4.30. The van der Waals surface area contributed by atoms with Crippen LogP contribution < -0.4 is 9.46 Å². The molecule has 0 saturated carbocycles. The van der Waals surface area contributed by atoms with E-state index in [1.54, 1.807) is 0 Å². The molecule has 0 fully saturated rings. The Hall–Kier alpha value is -0.750. The minimum Gasteiger partial charge on any atom is -0.495 e. The van der Waals surface area contributed by atoms with Crippen LogP contribution in [-0.2, 0) is 10.0 Å². The number of rotatable bonds is 6. The van der Waals surface area contributed by atoms with Crippen LogP contribution in [0.25, 0.3) is 0 Å². The summed E-state index contributed by atoms with van der Waals surface area (Å²) in [6.07, 6.45) is 7.46. The van der Waals surface area contributed by atoms with Crippen LogP contribution in [0.4, 0.5) is 0 Å². The maximum absolute atomic E-state index is 12.3.